The molecule has 0 aromatic heterocycles. The molecule has 2 saturated carbocycles. The number of hydrogen-bond acceptors (Lipinski definition) is 1. The molecule has 0 radical (unpaired) electrons. The van der Waals surface area contributed by atoms with Crippen LogP contribution in [0.2, 0.25) is 0 Å². The van der Waals surface area contributed by atoms with Gasteiger partial charge < -0.3 is 5.32 Å². The predicted octanol–water partition coefficient (Wildman–Crippen LogP) is 3.73. The Kier molecular flexibility index (Phi) is 4.07. The van der Waals surface area contributed by atoms with E-state index < -0.39 is 0 Å². The van der Waals surface area contributed by atoms with Gasteiger partial charge in [-0.2, -0.15) is 0 Å². The Morgan fingerprint density at radius 1 is 1.20 bits per heavy atom. The van der Waals surface area contributed by atoms with Gasteiger partial charge in [0.1, 0.15) is 0 Å². The van der Waals surface area contributed by atoms with Crippen LogP contribution in [0.15, 0.2) is 0 Å². The Labute approximate surface area is 95.0 Å². The molecule has 0 amide bonds. The molecule has 2 atom stereocenters. The van der Waals surface area contributed by atoms with Crippen molar-refractivity contribution < 1.29 is 0 Å². The third-order valence-electron chi connectivity index (χ3n) is 4.41. The standard InChI is InChI=1S/C14H27N/c1-3-4-6-12-7-5-8-14(12)15-13-9-11(2)10-13/h11-15H,3-10H2,1-2H3. The van der Waals surface area contributed by atoms with Gasteiger partial charge in [0.2, 0.25) is 0 Å². The van der Waals surface area contributed by atoms with Crippen molar-refractivity contribution in [3.8, 4) is 0 Å². The number of unbranched alkanes of at least 4 members (excludes halogenated alkanes) is 1. The lowest BCUT2D eigenvalue weighted by Gasteiger charge is -2.37. The van der Waals surface area contributed by atoms with E-state index in [4.69, 9.17) is 0 Å². The molecule has 2 aliphatic rings. The van der Waals surface area contributed by atoms with E-state index in [0.29, 0.717) is 0 Å². The molecule has 1 heteroatoms. The molecule has 2 unspecified atom stereocenters. The summed E-state index contributed by atoms with van der Waals surface area (Å²) in [6.07, 6.45) is 11.5. The first kappa shape index (κ1) is 11.4. The van der Waals surface area contributed by atoms with E-state index in [1.54, 1.807) is 0 Å². The Bertz CT molecular complexity index is 184. The van der Waals surface area contributed by atoms with Crippen LogP contribution in [0, 0.1) is 11.8 Å². The molecule has 2 aliphatic carbocycles. The lowest BCUT2D eigenvalue weighted by molar-refractivity contribution is 0.203. The fourth-order valence-electron chi connectivity index (χ4n) is 3.41. The highest BCUT2D eigenvalue weighted by Crippen LogP contribution is 2.33. The molecule has 0 heterocycles. The molecular weight excluding hydrogens is 182 g/mol. The van der Waals surface area contributed by atoms with Crippen LogP contribution in [-0.2, 0) is 0 Å². The first-order valence-electron chi connectivity index (χ1n) is 7.05. The van der Waals surface area contributed by atoms with Crippen molar-refractivity contribution in [2.24, 2.45) is 11.8 Å². The summed E-state index contributed by atoms with van der Waals surface area (Å²) in [5.74, 6) is 1.99. The van der Waals surface area contributed by atoms with Crippen molar-refractivity contribution in [1.29, 1.82) is 0 Å². The van der Waals surface area contributed by atoms with Crippen LogP contribution in [0.1, 0.15) is 65.2 Å². The maximum Gasteiger partial charge on any atom is 0.00979 e. The van der Waals surface area contributed by atoms with Gasteiger partial charge in [-0.1, -0.05) is 33.1 Å². The minimum absolute atomic E-state index is 0.868. The van der Waals surface area contributed by atoms with E-state index in [0.717, 1.165) is 23.9 Å². The summed E-state index contributed by atoms with van der Waals surface area (Å²) < 4.78 is 0. The lowest BCUT2D eigenvalue weighted by Crippen LogP contribution is -2.46. The topological polar surface area (TPSA) is 12.0 Å². The van der Waals surface area contributed by atoms with E-state index in [1.165, 1.54) is 51.4 Å². The molecule has 1 nitrogen and oxygen atoms in total. The molecule has 0 bridgehead atoms. The fourth-order valence-corrected chi connectivity index (χ4v) is 3.41. The quantitative estimate of drug-likeness (QED) is 0.727. The molecule has 2 fully saturated rings. The Morgan fingerprint density at radius 2 is 2.00 bits per heavy atom. The minimum atomic E-state index is 0.868. The average Bonchev–Trinajstić information content (AvgIpc) is 2.60. The molecule has 1 N–H and O–H groups in total. The van der Waals surface area contributed by atoms with Gasteiger partial charge in [0, 0.05) is 12.1 Å². The molecule has 2 rings (SSSR count). The van der Waals surface area contributed by atoms with E-state index in [-0.39, 0.29) is 0 Å². The average molecular weight is 209 g/mol. The van der Waals surface area contributed by atoms with E-state index in [1.807, 2.05) is 0 Å². The first-order valence-corrected chi connectivity index (χ1v) is 7.05. The van der Waals surface area contributed by atoms with Crippen LogP contribution in [-0.4, -0.2) is 12.1 Å². The van der Waals surface area contributed by atoms with Crippen LogP contribution in [0.5, 0.6) is 0 Å². The minimum Gasteiger partial charge on any atom is -0.311 e. The van der Waals surface area contributed by atoms with Crippen LogP contribution in [0.25, 0.3) is 0 Å². The van der Waals surface area contributed by atoms with Gasteiger partial charge in [-0.05, 0) is 43.9 Å². The normalized spacial score (nSPS) is 40.4. The zero-order valence-corrected chi connectivity index (χ0v) is 10.5. The number of rotatable bonds is 5. The zero-order valence-electron chi connectivity index (χ0n) is 10.5. The van der Waals surface area contributed by atoms with Crippen molar-refractivity contribution >= 4 is 0 Å². The Hall–Kier alpha value is -0.0400. The highest BCUT2D eigenvalue weighted by atomic mass is 15.0. The van der Waals surface area contributed by atoms with Crippen molar-refractivity contribution in [2.45, 2.75) is 77.3 Å². The van der Waals surface area contributed by atoms with Crippen LogP contribution >= 0.6 is 0 Å². The summed E-state index contributed by atoms with van der Waals surface area (Å²) in [5, 5.41) is 3.90. The summed E-state index contributed by atoms with van der Waals surface area (Å²) >= 11 is 0. The third-order valence-corrected chi connectivity index (χ3v) is 4.41. The smallest absolute Gasteiger partial charge is 0.00979 e. The molecule has 0 saturated heterocycles. The Morgan fingerprint density at radius 3 is 2.67 bits per heavy atom. The van der Waals surface area contributed by atoms with Gasteiger partial charge in [0.25, 0.3) is 0 Å². The van der Waals surface area contributed by atoms with Gasteiger partial charge in [0.15, 0.2) is 0 Å². The maximum absolute atomic E-state index is 3.90. The van der Waals surface area contributed by atoms with E-state index in [9.17, 15) is 0 Å². The maximum atomic E-state index is 3.90. The molecule has 0 aliphatic heterocycles. The summed E-state index contributed by atoms with van der Waals surface area (Å²) in [6.45, 7) is 4.69. The summed E-state index contributed by atoms with van der Waals surface area (Å²) in [5.41, 5.74) is 0. The zero-order chi connectivity index (χ0) is 10.7. The highest BCUT2D eigenvalue weighted by Gasteiger charge is 2.32. The third kappa shape index (κ3) is 2.96. The van der Waals surface area contributed by atoms with Gasteiger partial charge in [0.05, 0.1) is 0 Å². The van der Waals surface area contributed by atoms with Crippen molar-refractivity contribution in [3.05, 3.63) is 0 Å². The molecular formula is C14H27N. The highest BCUT2D eigenvalue weighted by molar-refractivity contribution is 4.90. The van der Waals surface area contributed by atoms with Crippen molar-refractivity contribution in [2.75, 3.05) is 0 Å². The first-order chi connectivity index (χ1) is 7.29. The molecule has 0 spiro atoms. The number of hydrogen-bond donors (Lipinski definition) is 1. The molecule has 15 heavy (non-hydrogen) atoms. The van der Waals surface area contributed by atoms with Crippen LogP contribution in [0.3, 0.4) is 0 Å². The predicted molar refractivity (Wildman–Crippen MR) is 66.0 cm³/mol. The molecule has 0 aromatic rings. The second-order valence-corrected chi connectivity index (χ2v) is 5.88. The van der Waals surface area contributed by atoms with E-state index >= 15 is 0 Å². The lowest BCUT2D eigenvalue weighted by atomic mass is 9.81. The van der Waals surface area contributed by atoms with Crippen molar-refractivity contribution in [3.63, 3.8) is 0 Å². The molecule has 0 aromatic carbocycles. The second-order valence-electron chi connectivity index (χ2n) is 5.88. The van der Waals surface area contributed by atoms with Gasteiger partial charge in [-0.3, -0.25) is 0 Å². The van der Waals surface area contributed by atoms with Gasteiger partial charge in [-0.15, -0.1) is 0 Å². The summed E-state index contributed by atoms with van der Waals surface area (Å²) in [6, 6.07) is 1.74. The number of nitrogens with one attached hydrogen (secondary N) is 1. The summed E-state index contributed by atoms with van der Waals surface area (Å²) in [7, 11) is 0. The summed E-state index contributed by atoms with van der Waals surface area (Å²) in [4.78, 5) is 0. The molecule has 88 valence electrons. The second kappa shape index (κ2) is 5.34. The SMILES string of the molecule is CCCCC1CCCC1NC1CC(C)C1. The fraction of sp³-hybridized carbons (Fsp3) is 1.00. The monoisotopic (exact) mass is 209 g/mol. The van der Waals surface area contributed by atoms with Crippen molar-refractivity contribution in [1.82, 2.24) is 5.32 Å². The largest absolute Gasteiger partial charge is 0.311 e. The van der Waals surface area contributed by atoms with Gasteiger partial charge in [-0.25, -0.2) is 0 Å². The van der Waals surface area contributed by atoms with Gasteiger partial charge >= 0.3 is 0 Å². The Balaban J connectivity index is 1.70. The van der Waals surface area contributed by atoms with Crippen LogP contribution < -0.4 is 5.32 Å². The van der Waals surface area contributed by atoms with E-state index in [2.05, 4.69) is 19.2 Å². The van der Waals surface area contributed by atoms with Crippen LogP contribution in [0.4, 0.5) is 0 Å².